The Bertz CT molecular complexity index is 698. The van der Waals surface area contributed by atoms with Crippen LogP contribution in [0.1, 0.15) is 29.8 Å². The molecule has 1 fully saturated rings. The molecule has 134 valence electrons. The predicted molar refractivity (Wildman–Crippen MR) is 96.6 cm³/mol. The fraction of sp³-hybridized carbons (Fsp3) is 0.562. The van der Waals surface area contributed by atoms with Crippen LogP contribution in [-0.4, -0.2) is 56.2 Å². The number of aryl methyl sites for hydroxylation is 1. The summed E-state index contributed by atoms with van der Waals surface area (Å²) in [5, 5.41) is 2.69. The van der Waals surface area contributed by atoms with Crippen molar-refractivity contribution < 1.29 is 17.9 Å². The van der Waals surface area contributed by atoms with E-state index < -0.39 is 10.0 Å². The smallest absolute Gasteiger partial charge is 0.251 e. The maximum Gasteiger partial charge on any atom is 0.251 e. The number of hydrogen-bond acceptors (Lipinski definition) is 4. The maximum absolute atomic E-state index is 12.4. The number of morpholine rings is 1. The van der Waals surface area contributed by atoms with Gasteiger partial charge in [0.15, 0.2) is 0 Å². The van der Waals surface area contributed by atoms with Gasteiger partial charge in [0.05, 0.1) is 18.0 Å². The lowest BCUT2D eigenvalue weighted by Crippen LogP contribution is -2.49. The van der Waals surface area contributed by atoms with Crippen molar-refractivity contribution >= 4 is 31.9 Å². The minimum atomic E-state index is -3.41. The first-order valence-electron chi connectivity index (χ1n) is 7.86. The number of carbonyl (C=O) groups excluding carboxylic acids is 1. The quantitative estimate of drug-likeness (QED) is 0.792. The van der Waals surface area contributed by atoms with E-state index in [-0.39, 0.29) is 30.4 Å². The molecule has 1 amide bonds. The molecular weight excluding hydrogens is 396 g/mol. The van der Waals surface area contributed by atoms with Crippen LogP contribution in [0.2, 0.25) is 0 Å². The number of nitrogens with zero attached hydrogens (tertiary/aromatic N) is 1. The number of carbonyl (C=O) groups is 1. The van der Waals surface area contributed by atoms with Gasteiger partial charge >= 0.3 is 0 Å². The number of rotatable bonds is 5. The highest BCUT2D eigenvalue weighted by molar-refractivity contribution is 9.10. The van der Waals surface area contributed by atoms with Gasteiger partial charge in [0.25, 0.3) is 5.91 Å². The minimum Gasteiger partial charge on any atom is -0.373 e. The Hall–Kier alpha value is -0.960. The topological polar surface area (TPSA) is 75.7 Å². The number of benzene rings is 1. The van der Waals surface area contributed by atoms with Gasteiger partial charge in [-0.05, 0) is 44.5 Å². The first-order chi connectivity index (χ1) is 11.2. The Morgan fingerprint density at radius 3 is 2.54 bits per heavy atom. The summed E-state index contributed by atoms with van der Waals surface area (Å²) in [6, 6.07) is 5.35. The van der Waals surface area contributed by atoms with Gasteiger partial charge in [0, 0.05) is 29.7 Å². The van der Waals surface area contributed by atoms with Crippen LogP contribution < -0.4 is 5.32 Å². The molecule has 2 atom stereocenters. The molecule has 0 radical (unpaired) electrons. The van der Waals surface area contributed by atoms with E-state index in [1.807, 2.05) is 26.8 Å². The number of amides is 1. The van der Waals surface area contributed by atoms with E-state index in [2.05, 4.69) is 21.2 Å². The second-order valence-corrected chi connectivity index (χ2v) is 9.11. The summed E-state index contributed by atoms with van der Waals surface area (Å²) in [7, 11) is -3.41. The van der Waals surface area contributed by atoms with Crippen LogP contribution in [0.15, 0.2) is 22.7 Å². The van der Waals surface area contributed by atoms with Gasteiger partial charge in [-0.1, -0.05) is 15.9 Å². The highest BCUT2D eigenvalue weighted by atomic mass is 79.9. The molecule has 2 rings (SSSR count). The summed E-state index contributed by atoms with van der Waals surface area (Å²) in [5.41, 5.74) is 1.38. The minimum absolute atomic E-state index is 0.0801. The Morgan fingerprint density at radius 2 is 1.96 bits per heavy atom. The highest BCUT2D eigenvalue weighted by Crippen LogP contribution is 2.16. The number of nitrogens with one attached hydrogen (secondary N) is 1. The van der Waals surface area contributed by atoms with E-state index in [4.69, 9.17) is 4.74 Å². The Kier molecular flexibility index (Phi) is 6.41. The predicted octanol–water partition coefficient (Wildman–Crippen LogP) is 1.93. The molecule has 1 aliphatic heterocycles. The molecule has 1 aliphatic rings. The van der Waals surface area contributed by atoms with Crippen molar-refractivity contribution in [2.45, 2.75) is 33.0 Å². The van der Waals surface area contributed by atoms with Crippen molar-refractivity contribution in [3.8, 4) is 0 Å². The molecule has 6 nitrogen and oxygen atoms in total. The normalized spacial score (nSPS) is 22.3. The molecule has 1 aromatic rings. The number of halogens is 1. The molecular formula is C16H23BrN2O4S. The number of ether oxygens (including phenoxy) is 1. The van der Waals surface area contributed by atoms with Crippen LogP contribution in [-0.2, 0) is 14.8 Å². The van der Waals surface area contributed by atoms with Crippen LogP contribution in [0.5, 0.6) is 0 Å². The standard InChI is InChI=1S/C16H23BrN2O4S/c1-11-8-14(17)4-5-15(11)16(20)18-6-7-24(21,22)19-9-12(2)23-13(3)10-19/h4-5,8,12-13H,6-7,9-10H2,1-3H3,(H,18,20). The van der Waals surface area contributed by atoms with Gasteiger partial charge in [-0.2, -0.15) is 4.31 Å². The molecule has 0 aliphatic carbocycles. The number of sulfonamides is 1. The van der Waals surface area contributed by atoms with E-state index >= 15 is 0 Å². The molecule has 0 aromatic heterocycles. The van der Waals surface area contributed by atoms with E-state index in [0.29, 0.717) is 18.7 Å². The average molecular weight is 419 g/mol. The summed E-state index contributed by atoms with van der Waals surface area (Å²) >= 11 is 3.35. The third kappa shape index (κ3) is 5.02. The fourth-order valence-electron chi connectivity index (χ4n) is 2.76. The monoisotopic (exact) mass is 418 g/mol. The first-order valence-corrected chi connectivity index (χ1v) is 10.3. The third-order valence-corrected chi connectivity index (χ3v) is 6.16. The van der Waals surface area contributed by atoms with Crippen LogP contribution in [0, 0.1) is 6.92 Å². The zero-order valence-electron chi connectivity index (χ0n) is 14.1. The summed E-state index contributed by atoms with van der Waals surface area (Å²) < 4.78 is 32.7. The summed E-state index contributed by atoms with van der Waals surface area (Å²) in [5.74, 6) is -0.382. The van der Waals surface area contributed by atoms with E-state index in [1.54, 1.807) is 12.1 Å². The van der Waals surface area contributed by atoms with Crippen molar-refractivity contribution in [1.29, 1.82) is 0 Å². The van der Waals surface area contributed by atoms with Crippen LogP contribution >= 0.6 is 15.9 Å². The van der Waals surface area contributed by atoms with Crippen molar-refractivity contribution in [1.82, 2.24) is 9.62 Å². The average Bonchev–Trinajstić information content (AvgIpc) is 2.45. The van der Waals surface area contributed by atoms with Crippen LogP contribution in [0.25, 0.3) is 0 Å². The van der Waals surface area contributed by atoms with Gasteiger partial charge in [-0.25, -0.2) is 8.42 Å². The molecule has 0 spiro atoms. The SMILES string of the molecule is Cc1cc(Br)ccc1C(=O)NCCS(=O)(=O)N1CC(C)OC(C)C1. The lowest BCUT2D eigenvalue weighted by atomic mass is 10.1. The van der Waals surface area contributed by atoms with Gasteiger partial charge in [-0.3, -0.25) is 4.79 Å². The second kappa shape index (κ2) is 7.95. The lowest BCUT2D eigenvalue weighted by molar-refractivity contribution is -0.0440. The highest BCUT2D eigenvalue weighted by Gasteiger charge is 2.30. The van der Waals surface area contributed by atoms with E-state index in [9.17, 15) is 13.2 Å². The molecule has 0 bridgehead atoms. The summed E-state index contributed by atoms with van der Waals surface area (Å²) in [4.78, 5) is 12.2. The Labute approximate surface area is 151 Å². The Balaban J connectivity index is 1.91. The molecule has 8 heteroatoms. The molecule has 24 heavy (non-hydrogen) atoms. The molecule has 1 saturated heterocycles. The molecule has 0 saturated carbocycles. The zero-order chi connectivity index (χ0) is 17.9. The van der Waals surface area contributed by atoms with E-state index in [1.165, 1.54) is 4.31 Å². The fourth-order valence-corrected chi connectivity index (χ4v) is 4.73. The van der Waals surface area contributed by atoms with Gasteiger partial charge in [0.1, 0.15) is 0 Å². The summed E-state index contributed by atoms with van der Waals surface area (Å²) in [6.45, 7) is 6.34. The molecule has 1 N–H and O–H groups in total. The second-order valence-electron chi connectivity index (χ2n) is 6.11. The van der Waals surface area contributed by atoms with Crippen molar-refractivity contribution in [3.05, 3.63) is 33.8 Å². The van der Waals surface area contributed by atoms with Crippen molar-refractivity contribution in [3.63, 3.8) is 0 Å². The van der Waals surface area contributed by atoms with Crippen molar-refractivity contribution in [2.24, 2.45) is 0 Å². The first kappa shape index (κ1) is 19.4. The molecule has 1 aromatic carbocycles. The van der Waals surface area contributed by atoms with Gasteiger partial charge in [0.2, 0.25) is 10.0 Å². The van der Waals surface area contributed by atoms with Crippen molar-refractivity contribution in [2.75, 3.05) is 25.4 Å². The van der Waals surface area contributed by atoms with Gasteiger partial charge in [-0.15, -0.1) is 0 Å². The third-order valence-electron chi connectivity index (χ3n) is 3.86. The van der Waals surface area contributed by atoms with Gasteiger partial charge < -0.3 is 10.1 Å². The molecule has 1 heterocycles. The van der Waals surface area contributed by atoms with Crippen LogP contribution in [0.3, 0.4) is 0 Å². The lowest BCUT2D eigenvalue weighted by Gasteiger charge is -2.34. The van der Waals surface area contributed by atoms with Crippen LogP contribution in [0.4, 0.5) is 0 Å². The zero-order valence-corrected chi connectivity index (χ0v) is 16.5. The number of hydrogen-bond donors (Lipinski definition) is 1. The largest absolute Gasteiger partial charge is 0.373 e. The summed E-state index contributed by atoms with van der Waals surface area (Å²) in [6.07, 6.45) is -0.243. The Morgan fingerprint density at radius 1 is 1.33 bits per heavy atom. The van der Waals surface area contributed by atoms with E-state index in [0.717, 1.165) is 10.0 Å². The molecule has 2 unspecified atom stereocenters. The maximum atomic E-state index is 12.4.